The fourth-order valence-corrected chi connectivity index (χ4v) is 5.18. The van der Waals surface area contributed by atoms with Crippen LogP contribution >= 0.6 is 12.4 Å². The molecule has 2 aromatic heterocycles. The zero-order valence-electron chi connectivity index (χ0n) is 17.8. The summed E-state index contributed by atoms with van der Waals surface area (Å²) in [5.41, 5.74) is 9.70. The molecule has 2 aromatic rings. The minimum absolute atomic E-state index is 0. The van der Waals surface area contributed by atoms with Crippen molar-refractivity contribution in [2.75, 3.05) is 13.1 Å². The summed E-state index contributed by atoms with van der Waals surface area (Å²) in [6.45, 7) is 10.0. The number of hydrogen-bond donors (Lipinski definition) is 1. The first kappa shape index (κ1) is 20.6. The summed E-state index contributed by atoms with van der Waals surface area (Å²) >= 11 is 0. The van der Waals surface area contributed by atoms with Gasteiger partial charge in [-0.2, -0.15) is 5.10 Å². The molecule has 7 heteroatoms. The van der Waals surface area contributed by atoms with E-state index in [2.05, 4.69) is 26.8 Å². The van der Waals surface area contributed by atoms with Gasteiger partial charge in [-0.05, 0) is 71.3 Å². The molecule has 3 fully saturated rings. The van der Waals surface area contributed by atoms with E-state index in [4.69, 9.17) is 15.8 Å². The number of hydrogen-bond acceptors (Lipinski definition) is 4. The molecule has 158 valence electrons. The lowest BCUT2D eigenvalue weighted by molar-refractivity contribution is 0.0781. The summed E-state index contributed by atoms with van der Waals surface area (Å²) in [5, 5.41) is 5.71. The number of amides is 1. The van der Waals surface area contributed by atoms with Gasteiger partial charge in [-0.1, -0.05) is 0 Å². The van der Waals surface area contributed by atoms with Crippen LogP contribution in [0.25, 0.3) is 11.0 Å². The second-order valence-corrected chi connectivity index (χ2v) is 10.1. The second kappa shape index (κ2) is 6.95. The van der Waals surface area contributed by atoms with Crippen LogP contribution in [-0.2, 0) is 5.54 Å². The van der Waals surface area contributed by atoms with Crippen molar-refractivity contribution in [2.24, 2.45) is 17.6 Å². The third kappa shape index (κ3) is 3.34. The summed E-state index contributed by atoms with van der Waals surface area (Å²) in [6.07, 6.45) is 4.57. The number of aryl methyl sites for hydroxylation is 1. The molecule has 2 N–H and O–H groups in total. The standard InChI is InChI=1S/C22H31N5O.ClH/c1-12-19-15(21(28)26-10-14-7-8-17(23)16(14)11-26)9-18(13-5-6-13)24-20(19)27(25-12)22(2,3)4;/h9,13-14,16-17H,5-8,10-11,23H2,1-4H3;1H. The minimum atomic E-state index is -0.181. The zero-order valence-corrected chi connectivity index (χ0v) is 18.6. The fraction of sp³-hybridized carbons (Fsp3) is 0.682. The van der Waals surface area contributed by atoms with E-state index in [0.29, 0.717) is 17.8 Å². The van der Waals surface area contributed by atoms with Crippen LogP contribution < -0.4 is 5.73 Å². The van der Waals surface area contributed by atoms with E-state index in [9.17, 15) is 4.79 Å². The highest BCUT2D eigenvalue weighted by Crippen LogP contribution is 2.42. The van der Waals surface area contributed by atoms with Gasteiger partial charge < -0.3 is 10.6 Å². The Morgan fingerprint density at radius 1 is 1.17 bits per heavy atom. The molecule has 0 radical (unpaired) electrons. The second-order valence-electron chi connectivity index (χ2n) is 10.1. The van der Waals surface area contributed by atoms with Crippen LogP contribution in [0.15, 0.2) is 6.07 Å². The van der Waals surface area contributed by atoms with E-state index < -0.39 is 0 Å². The van der Waals surface area contributed by atoms with E-state index >= 15 is 0 Å². The lowest BCUT2D eigenvalue weighted by Crippen LogP contribution is -2.33. The maximum Gasteiger partial charge on any atom is 0.254 e. The van der Waals surface area contributed by atoms with Crippen molar-refractivity contribution in [3.8, 4) is 0 Å². The van der Waals surface area contributed by atoms with E-state index in [-0.39, 0.29) is 29.9 Å². The third-order valence-electron chi connectivity index (χ3n) is 6.89. The van der Waals surface area contributed by atoms with E-state index in [0.717, 1.165) is 66.8 Å². The molecule has 5 rings (SSSR count). The number of carbonyl (C=O) groups is 1. The highest BCUT2D eigenvalue weighted by Gasteiger charge is 2.43. The third-order valence-corrected chi connectivity index (χ3v) is 6.89. The van der Waals surface area contributed by atoms with Crippen LogP contribution in [-0.4, -0.2) is 44.7 Å². The van der Waals surface area contributed by atoms with Crippen molar-refractivity contribution in [1.82, 2.24) is 19.7 Å². The number of aromatic nitrogens is 3. The molecule has 0 bridgehead atoms. The van der Waals surface area contributed by atoms with E-state index in [1.807, 2.05) is 16.5 Å². The molecule has 1 amide bonds. The average Bonchev–Trinajstić information content (AvgIpc) is 3.18. The Kier molecular flexibility index (Phi) is 4.94. The molecule has 3 heterocycles. The lowest BCUT2D eigenvalue weighted by Gasteiger charge is -2.21. The summed E-state index contributed by atoms with van der Waals surface area (Å²) in [6, 6.07) is 2.30. The van der Waals surface area contributed by atoms with Crippen molar-refractivity contribution in [3.05, 3.63) is 23.0 Å². The summed E-state index contributed by atoms with van der Waals surface area (Å²) < 4.78 is 1.99. The van der Waals surface area contributed by atoms with Gasteiger partial charge in [0.15, 0.2) is 5.65 Å². The molecule has 3 unspecified atom stereocenters. The maximum absolute atomic E-state index is 13.6. The van der Waals surface area contributed by atoms with Crippen molar-refractivity contribution in [1.29, 1.82) is 0 Å². The molecule has 1 aliphatic heterocycles. The van der Waals surface area contributed by atoms with Gasteiger partial charge >= 0.3 is 0 Å². The zero-order chi connectivity index (χ0) is 19.8. The molecular formula is C22H32ClN5O. The van der Waals surface area contributed by atoms with Gasteiger partial charge in [0.25, 0.3) is 5.91 Å². The number of likely N-dealkylation sites (tertiary alicyclic amines) is 1. The number of halogens is 1. The first-order valence-corrected chi connectivity index (χ1v) is 10.7. The number of rotatable bonds is 2. The van der Waals surface area contributed by atoms with Crippen molar-refractivity contribution >= 4 is 29.3 Å². The van der Waals surface area contributed by atoms with Crippen molar-refractivity contribution in [3.63, 3.8) is 0 Å². The number of nitrogens with zero attached hydrogens (tertiary/aromatic N) is 4. The Bertz CT molecular complexity index is 958. The van der Waals surface area contributed by atoms with Crippen molar-refractivity contribution in [2.45, 2.75) is 70.9 Å². The molecule has 6 nitrogen and oxygen atoms in total. The van der Waals surface area contributed by atoms with Crippen LogP contribution in [0.5, 0.6) is 0 Å². The van der Waals surface area contributed by atoms with Gasteiger partial charge in [-0.15, -0.1) is 12.4 Å². The van der Waals surface area contributed by atoms with Crippen LogP contribution in [0, 0.1) is 18.8 Å². The quantitative estimate of drug-likeness (QED) is 0.809. The number of pyridine rings is 1. The van der Waals surface area contributed by atoms with Gasteiger partial charge in [0.2, 0.25) is 0 Å². The van der Waals surface area contributed by atoms with Gasteiger partial charge in [0, 0.05) is 30.7 Å². The summed E-state index contributed by atoms with van der Waals surface area (Å²) in [7, 11) is 0. The number of fused-ring (bicyclic) bond motifs is 2. The first-order chi connectivity index (χ1) is 13.2. The Labute approximate surface area is 178 Å². The summed E-state index contributed by atoms with van der Waals surface area (Å²) in [5.74, 6) is 1.65. The fourth-order valence-electron chi connectivity index (χ4n) is 5.18. The van der Waals surface area contributed by atoms with Crippen LogP contribution in [0.2, 0.25) is 0 Å². The topological polar surface area (TPSA) is 77.0 Å². The van der Waals surface area contributed by atoms with Gasteiger partial charge in [-0.3, -0.25) is 4.79 Å². The molecule has 3 atom stereocenters. The van der Waals surface area contributed by atoms with Gasteiger partial charge in [0.05, 0.1) is 22.2 Å². The SMILES string of the molecule is Cc1nn(C(C)(C)C)c2nc(C3CC3)cc(C(=O)N3CC4CCC(N)C4C3)c12.Cl. The first-order valence-electron chi connectivity index (χ1n) is 10.7. The Morgan fingerprint density at radius 3 is 2.52 bits per heavy atom. The van der Waals surface area contributed by atoms with Gasteiger partial charge in [-0.25, -0.2) is 9.67 Å². The normalized spacial score (nSPS) is 26.7. The molecule has 29 heavy (non-hydrogen) atoms. The van der Waals surface area contributed by atoms with Crippen LogP contribution in [0.1, 0.15) is 74.1 Å². The largest absolute Gasteiger partial charge is 0.338 e. The van der Waals surface area contributed by atoms with E-state index in [1.54, 1.807) is 0 Å². The van der Waals surface area contributed by atoms with Gasteiger partial charge in [0.1, 0.15) is 0 Å². The number of carbonyl (C=O) groups excluding carboxylic acids is 1. The Balaban J connectivity index is 0.00000205. The maximum atomic E-state index is 13.6. The van der Waals surface area contributed by atoms with E-state index in [1.165, 1.54) is 0 Å². The molecular weight excluding hydrogens is 386 g/mol. The monoisotopic (exact) mass is 417 g/mol. The lowest BCUT2D eigenvalue weighted by atomic mass is 9.98. The number of nitrogens with two attached hydrogens (primary N) is 1. The van der Waals surface area contributed by atoms with Crippen LogP contribution in [0.3, 0.4) is 0 Å². The smallest absolute Gasteiger partial charge is 0.254 e. The highest BCUT2D eigenvalue weighted by atomic mass is 35.5. The summed E-state index contributed by atoms with van der Waals surface area (Å²) in [4.78, 5) is 20.6. The highest BCUT2D eigenvalue weighted by molar-refractivity contribution is 6.06. The molecule has 0 spiro atoms. The molecule has 3 aliphatic rings. The van der Waals surface area contributed by atoms with Crippen LogP contribution in [0.4, 0.5) is 0 Å². The predicted octanol–water partition coefficient (Wildman–Crippen LogP) is 3.60. The minimum Gasteiger partial charge on any atom is -0.338 e. The molecule has 1 saturated heterocycles. The molecule has 0 aromatic carbocycles. The predicted molar refractivity (Wildman–Crippen MR) is 117 cm³/mol. The average molecular weight is 418 g/mol. The molecule has 2 aliphatic carbocycles. The molecule has 2 saturated carbocycles. The Hall–Kier alpha value is -1.66. The van der Waals surface area contributed by atoms with Crippen molar-refractivity contribution < 1.29 is 4.79 Å². The Morgan fingerprint density at radius 2 is 1.90 bits per heavy atom.